The first-order valence-electron chi connectivity index (χ1n) is 23.3. The number of benzene rings is 3. The molecule has 0 radical (unpaired) electrons. The number of fused-ring (bicyclic) bond motifs is 4. The Kier molecular flexibility index (Phi) is 13.2. The van der Waals surface area contributed by atoms with Gasteiger partial charge in [0.25, 0.3) is 0 Å². The molecule has 3 aliphatic rings. The van der Waals surface area contributed by atoms with E-state index in [4.69, 9.17) is 0 Å². The quantitative estimate of drug-likeness (QED) is 0.0917. The molecule has 15 heteroatoms. The zero-order valence-corrected chi connectivity index (χ0v) is 40.2. The lowest BCUT2D eigenvalue weighted by molar-refractivity contribution is -0.144. The Labute approximate surface area is 395 Å². The molecular formula is C52H60N8O6S. The number of aliphatic hydroxyl groups is 1. The van der Waals surface area contributed by atoms with Crippen LogP contribution in [0.2, 0.25) is 0 Å². The number of piperidine rings is 1. The first-order valence-corrected chi connectivity index (χ1v) is 24.1. The fourth-order valence-corrected chi connectivity index (χ4v) is 10.8. The summed E-state index contributed by atoms with van der Waals surface area (Å²) >= 11 is 1.57. The maximum Gasteiger partial charge on any atom is 0.246 e. The van der Waals surface area contributed by atoms with Crippen LogP contribution < -0.4 is 20.9 Å². The van der Waals surface area contributed by atoms with Gasteiger partial charge in [0.2, 0.25) is 23.6 Å². The number of nitrogens with zero attached hydrogens (tertiary/aromatic N) is 4. The molecular weight excluding hydrogens is 865 g/mol. The van der Waals surface area contributed by atoms with Crippen LogP contribution in [-0.4, -0.2) is 93.3 Å². The molecule has 5 N–H and O–H groups in total. The van der Waals surface area contributed by atoms with E-state index in [2.05, 4.69) is 63.7 Å². The molecule has 2 saturated heterocycles. The number of nitriles is 1. The number of likely N-dealkylation sites (tertiary alicyclic amines) is 1. The van der Waals surface area contributed by atoms with Gasteiger partial charge in [-0.2, -0.15) is 5.26 Å². The summed E-state index contributed by atoms with van der Waals surface area (Å²) in [6.45, 7) is 15.4. The van der Waals surface area contributed by atoms with Gasteiger partial charge in [-0.25, -0.2) is 4.98 Å². The van der Waals surface area contributed by atoms with E-state index >= 15 is 0 Å². The van der Waals surface area contributed by atoms with Crippen LogP contribution in [0, 0.1) is 23.7 Å². The normalized spacial score (nSPS) is 18.5. The van der Waals surface area contributed by atoms with Gasteiger partial charge >= 0.3 is 0 Å². The van der Waals surface area contributed by atoms with E-state index in [1.807, 2.05) is 69.6 Å². The van der Waals surface area contributed by atoms with Crippen molar-refractivity contribution in [2.75, 3.05) is 24.5 Å². The molecule has 2 fully saturated rings. The number of aromatic amines is 1. The number of ketones is 1. The Bertz CT molecular complexity index is 2790. The maximum atomic E-state index is 14.1. The van der Waals surface area contributed by atoms with Crippen LogP contribution in [0.15, 0.2) is 60.1 Å². The highest BCUT2D eigenvalue weighted by molar-refractivity contribution is 7.13. The number of hydrogen-bond donors (Lipinski definition) is 5. The van der Waals surface area contributed by atoms with Crippen molar-refractivity contribution in [3.63, 3.8) is 0 Å². The summed E-state index contributed by atoms with van der Waals surface area (Å²) in [6, 6.07) is 17.7. The van der Waals surface area contributed by atoms with Gasteiger partial charge in [-0.05, 0) is 78.1 Å². The smallest absolute Gasteiger partial charge is 0.246 e. The summed E-state index contributed by atoms with van der Waals surface area (Å²) in [6.07, 6.45) is 1.14. The molecule has 0 bridgehead atoms. The third-order valence-corrected chi connectivity index (χ3v) is 14.8. The summed E-state index contributed by atoms with van der Waals surface area (Å²) in [5.41, 5.74) is 10.1. The molecule has 3 aromatic carbocycles. The second kappa shape index (κ2) is 18.7. The average molecular weight is 925 g/mol. The van der Waals surface area contributed by atoms with Crippen molar-refractivity contribution in [3.8, 4) is 16.5 Å². The number of H-pyrrole nitrogens is 1. The highest BCUT2D eigenvalue weighted by atomic mass is 32.1. The summed E-state index contributed by atoms with van der Waals surface area (Å²) in [5, 5.41) is 29.9. The van der Waals surface area contributed by atoms with Crippen LogP contribution in [0.1, 0.15) is 123 Å². The predicted molar refractivity (Wildman–Crippen MR) is 259 cm³/mol. The molecule has 0 spiro atoms. The van der Waals surface area contributed by atoms with E-state index in [-0.39, 0.29) is 56.0 Å². The molecule has 67 heavy (non-hydrogen) atoms. The van der Waals surface area contributed by atoms with Crippen LogP contribution >= 0.6 is 11.3 Å². The Morgan fingerprint density at radius 3 is 2.40 bits per heavy atom. The van der Waals surface area contributed by atoms with E-state index in [1.165, 1.54) is 4.90 Å². The standard InChI is InChI=1S/C52H60N8O6S/c1-8-32-22-37-38(52(6,7)47-44(45(37)64)36-14-11-31(25-53)21-39(36)57-47)24-40(32)59-19-17-34(18-20-59)56-42(62)15-16-43(63)58-48(51(3,4)5)50(66)60-27-35(61)23-41(60)49(65)54-26-30-9-12-33(13-10-30)46-29(2)55-28-67-46/h9-14,21-22,24,28,34-35,41,48,57,61H,8,15-20,23,26-27H2,1-7H3,(H,54,65)(H,56,62)(H,58,63)/t35-,41+,48-/m1/s1. The van der Waals surface area contributed by atoms with Gasteiger partial charge in [-0.15, -0.1) is 11.3 Å². The zero-order chi connectivity index (χ0) is 47.9. The number of amides is 4. The van der Waals surface area contributed by atoms with Crippen LogP contribution in [0.25, 0.3) is 21.3 Å². The Hall–Kier alpha value is -6.37. The Balaban J connectivity index is 0.842. The number of nitrogens with one attached hydrogen (secondary N) is 4. The Morgan fingerprint density at radius 1 is 1.03 bits per heavy atom. The molecule has 2 aliphatic heterocycles. The van der Waals surface area contributed by atoms with Crippen LogP contribution in [-0.2, 0) is 37.6 Å². The van der Waals surface area contributed by atoms with Crippen molar-refractivity contribution < 1.29 is 29.1 Å². The summed E-state index contributed by atoms with van der Waals surface area (Å²) in [5.74, 6) is -1.57. The molecule has 4 heterocycles. The largest absolute Gasteiger partial charge is 0.391 e. The second-order valence-electron chi connectivity index (χ2n) is 19.9. The highest BCUT2D eigenvalue weighted by Gasteiger charge is 2.45. The molecule has 4 amide bonds. The third kappa shape index (κ3) is 9.47. The van der Waals surface area contributed by atoms with Gasteiger partial charge < -0.3 is 35.8 Å². The number of anilines is 1. The van der Waals surface area contributed by atoms with Gasteiger partial charge in [0.15, 0.2) is 5.78 Å². The fraction of sp³-hybridized carbons (Fsp3) is 0.442. The molecule has 8 rings (SSSR count). The summed E-state index contributed by atoms with van der Waals surface area (Å²) < 4.78 is 0. The lowest BCUT2D eigenvalue weighted by atomic mass is 9.70. The molecule has 0 saturated carbocycles. The molecule has 0 unspecified atom stereocenters. The van der Waals surface area contributed by atoms with Gasteiger partial charge in [-0.1, -0.05) is 71.9 Å². The van der Waals surface area contributed by atoms with Crippen LogP contribution in [0.4, 0.5) is 5.69 Å². The van der Waals surface area contributed by atoms with Crippen LogP contribution in [0.3, 0.4) is 0 Å². The summed E-state index contributed by atoms with van der Waals surface area (Å²) in [7, 11) is 0. The van der Waals surface area contributed by atoms with Crippen molar-refractivity contribution in [2.45, 2.75) is 123 Å². The lowest BCUT2D eigenvalue weighted by Gasteiger charge is -2.38. The van der Waals surface area contributed by atoms with Gasteiger partial charge in [-0.3, -0.25) is 24.0 Å². The van der Waals surface area contributed by atoms with E-state index in [0.717, 1.165) is 61.5 Å². The molecule has 350 valence electrons. The van der Waals surface area contributed by atoms with Crippen molar-refractivity contribution in [3.05, 3.63) is 105 Å². The summed E-state index contributed by atoms with van der Waals surface area (Å²) in [4.78, 5) is 81.0. The number of β-amino-alcohol motifs (C(OH)–C–C–N with tert-alkyl or cyclic N) is 1. The van der Waals surface area contributed by atoms with E-state index in [0.29, 0.717) is 42.6 Å². The van der Waals surface area contributed by atoms with E-state index < -0.39 is 40.8 Å². The fourth-order valence-electron chi connectivity index (χ4n) is 9.96. The van der Waals surface area contributed by atoms with E-state index in [1.54, 1.807) is 23.5 Å². The van der Waals surface area contributed by atoms with Crippen LogP contribution in [0.5, 0.6) is 0 Å². The number of carbonyl (C=O) groups is 5. The number of thiazole rings is 1. The highest BCUT2D eigenvalue weighted by Crippen LogP contribution is 2.46. The predicted octanol–water partition coefficient (Wildman–Crippen LogP) is 6.58. The minimum Gasteiger partial charge on any atom is -0.391 e. The minimum atomic E-state index is -1.00. The number of aromatic nitrogens is 2. The molecule has 5 aromatic rings. The van der Waals surface area contributed by atoms with Gasteiger partial charge in [0.1, 0.15) is 12.1 Å². The number of hydrogen-bond acceptors (Lipinski definition) is 10. The second-order valence-corrected chi connectivity index (χ2v) is 20.7. The van der Waals surface area contributed by atoms with E-state index in [9.17, 15) is 34.3 Å². The first kappa shape index (κ1) is 47.1. The maximum absolute atomic E-state index is 14.1. The lowest BCUT2D eigenvalue weighted by Crippen LogP contribution is -2.57. The van der Waals surface area contributed by atoms with Crippen molar-refractivity contribution in [1.29, 1.82) is 5.26 Å². The van der Waals surface area contributed by atoms with Crippen molar-refractivity contribution in [2.24, 2.45) is 5.41 Å². The molecule has 14 nitrogen and oxygen atoms in total. The molecule has 1 aliphatic carbocycles. The SMILES string of the molecule is CCc1cc2c(cc1N1CCC(NC(=O)CCC(=O)N[C@H](C(=O)N3C[C@H](O)C[C@H]3C(=O)NCc3ccc(-c4scnc4C)cc3)C(C)(C)C)CC1)C(C)(C)c1[nH]c3cc(C#N)ccc3c1C2=O. The Morgan fingerprint density at radius 2 is 1.75 bits per heavy atom. The first-order chi connectivity index (χ1) is 31.9. The number of rotatable bonds is 12. The number of carbonyl (C=O) groups excluding carboxylic acids is 5. The average Bonchev–Trinajstić information content (AvgIpc) is 4.04. The van der Waals surface area contributed by atoms with Gasteiger partial charge in [0.05, 0.1) is 39.4 Å². The topological polar surface area (TPSA) is 201 Å². The van der Waals surface area contributed by atoms with Crippen molar-refractivity contribution >= 4 is 57.3 Å². The third-order valence-electron chi connectivity index (χ3n) is 13.8. The zero-order valence-electron chi connectivity index (χ0n) is 39.3. The van der Waals surface area contributed by atoms with Gasteiger partial charge in [0, 0.05) is 84.7 Å². The number of aliphatic hydroxyl groups excluding tert-OH is 1. The van der Waals surface area contributed by atoms with Crippen molar-refractivity contribution in [1.82, 2.24) is 30.8 Å². The number of aryl methyl sites for hydroxylation is 2. The minimum absolute atomic E-state index is 0.0193. The monoisotopic (exact) mass is 924 g/mol. The molecule has 3 atom stereocenters. The molecule has 2 aromatic heterocycles.